The van der Waals surface area contributed by atoms with E-state index in [1.54, 1.807) is 27.9 Å². The molecule has 114 valence electrons. The minimum atomic E-state index is -0.816. The Kier molecular flexibility index (Phi) is 5.10. The van der Waals surface area contributed by atoms with Crippen molar-refractivity contribution in [3.05, 3.63) is 0 Å². The lowest BCUT2D eigenvalue weighted by molar-refractivity contribution is -0.131. The number of hydrogen-bond acceptors (Lipinski definition) is 4. The standard InChI is InChI=1S/C13H24N4O3/c1-13(2)11(19)17(12(20)14-13)8-6-7-16(5)9-10(18)15(3)4/h6-9H2,1-5H3,(H,14,20). The van der Waals surface area contributed by atoms with Crippen LogP contribution in [0.2, 0.25) is 0 Å². The first-order valence-corrected chi connectivity index (χ1v) is 6.68. The van der Waals surface area contributed by atoms with Gasteiger partial charge in [0.25, 0.3) is 5.91 Å². The Bertz CT molecular complexity index is 406. The van der Waals surface area contributed by atoms with E-state index < -0.39 is 5.54 Å². The molecule has 0 radical (unpaired) electrons. The summed E-state index contributed by atoms with van der Waals surface area (Å²) < 4.78 is 0. The highest BCUT2D eigenvalue weighted by Crippen LogP contribution is 2.16. The van der Waals surface area contributed by atoms with E-state index in [9.17, 15) is 14.4 Å². The van der Waals surface area contributed by atoms with Gasteiger partial charge < -0.3 is 10.2 Å². The molecule has 0 aromatic carbocycles. The second-order valence-electron chi connectivity index (χ2n) is 5.89. The van der Waals surface area contributed by atoms with Gasteiger partial charge in [-0.05, 0) is 27.3 Å². The molecule has 0 atom stereocenters. The molecule has 20 heavy (non-hydrogen) atoms. The molecule has 1 aliphatic rings. The quantitative estimate of drug-likeness (QED) is 0.681. The molecule has 4 amide bonds. The van der Waals surface area contributed by atoms with Gasteiger partial charge in [0.05, 0.1) is 6.54 Å². The van der Waals surface area contributed by atoms with Gasteiger partial charge in [-0.2, -0.15) is 0 Å². The molecule has 1 rings (SSSR count). The fourth-order valence-electron chi connectivity index (χ4n) is 1.97. The summed E-state index contributed by atoms with van der Waals surface area (Å²) in [6, 6.07) is -0.341. The number of nitrogens with one attached hydrogen (secondary N) is 1. The molecule has 1 heterocycles. The highest BCUT2D eigenvalue weighted by Gasteiger charge is 2.43. The van der Waals surface area contributed by atoms with Crippen LogP contribution in [-0.4, -0.2) is 78.9 Å². The van der Waals surface area contributed by atoms with Crippen molar-refractivity contribution in [3.8, 4) is 0 Å². The van der Waals surface area contributed by atoms with Crippen molar-refractivity contribution in [2.45, 2.75) is 25.8 Å². The van der Waals surface area contributed by atoms with Crippen molar-refractivity contribution < 1.29 is 14.4 Å². The Labute approximate surface area is 119 Å². The van der Waals surface area contributed by atoms with Crippen LogP contribution in [0.4, 0.5) is 4.79 Å². The first-order valence-electron chi connectivity index (χ1n) is 6.68. The number of hydrogen-bond donors (Lipinski definition) is 1. The normalized spacial score (nSPS) is 17.6. The summed E-state index contributed by atoms with van der Waals surface area (Å²) in [6.45, 7) is 4.73. The summed E-state index contributed by atoms with van der Waals surface area (Å²) in [4.78, 5) is 39.8. The smallest absolute Gasteiger partial charge is 0.325 e. The van der Waals surface area contributed by atoms with Crippen LogP contribution < -0.4 is 5.32 Å². The lowest BCUT2D eigenvalue weighted by Gasteiger charge is -2.20. The zero-order chi connectivity index (χ0) is 15.5. The average molecular weight is 284 g/mol. The zero-order valence-electron chi connectivity index (χ0n) is 12.9. The van der Waals surface area contributed by atoms with Crippen LogP contribution in [-0.2, 0) is 9.59 Å². The number of nitrogens with zero attached hydrogens (tertiary/aromatic N) is 3. The van der Waals surface area contributed by atoms with E-state index in [-0.39, 0.29) is 17.8 Å². The number of amides is 4. The van der Waals surface area contributed by atoms with Crippen molar-refractivity contribution in [1.82, 2.24) is 20.0 Å². The molecular weight excluding hydrogens is 260 g/mol. The summed E-state index contributed by atoms with van der Waals surface area (Å²) in [7, 11) is 5.27. The summed E-state index contributed by atoms with van der Waals surface area (Å²) in [5, 5.41) is 2.64. The second kappa shape index (κ2) is 6.21. The zero-order valence-corrected chi connectivity index (χ0v) is 12.9. The van der Waals surface area contributed by atoms with Gasteiger partial charge in [0.1, 0.15) is 5.54 Å². The van der Waals surface area contributed by atoms with Crippen LogP contribution in [0, 0.1) is 0 Å². The highest BCUT2D eigenvalue weighted by atomic mass is 16.2. The average Bonchev–Trinajstić information content (AvgIpc) is 2.50. The van der Waals surface area contributed by atoms with Crippen molar-refractivity contribution in [2.24, 2.45) is 0 Å². The van der Waals surface area contributed by atoms with Gasteiger partial charge in [0, 0.05) is 27.2 Å². The van der Waals surface area contributed by atoms with E-state index in [1.165, 1.54) is 9.80 Å². The van der Waals surface area contributed by atoms with Gasteiger partial charge in [-0.25, -0.2) is 4.79 Å². The molecule has 1 fully saturated rings. The maximum absolute atomic E-state index is 11.9. The molecule has 7 heteroatoms. The molecule has 0 bridgehead atoms. The number of carbonyl (C=O) groups excluding carboxylic acids is 3. The van der Waals surface area contributed by atoms with Gasteiger partial charge >= 0.3 is 6.03 Å². The minimum Gasteiger partial charge on any atom is -0.348 e. The molecule has 0 aromatic rings. The fraction of sp³-hybridized carbons (Fsp3) is 0.769. The first kappa shape index (κ1) is 16.4. The Morgan fingerprint density at radius 2 is 1.85 bits per heavy atom. The topological polar surface area (TPSA) is 73.0 Å². The monoisotopic (exact) mass is 284 g/mol. The van der Waals surface area contributed by atoms with E-state index >= 15 is 0 Å². The van der Waals surface area contributed by atoms with E-state index in [1.807, 2.05) is 11.9 Å². The molecular formula is C13H24N4O3. The molecule has 0 spiro atoms. The van der Waals surface area contributed by atoms with Crippen molar-refractivity contribution in [2.75, 3.05) is 40.8 Å². The lowest BCUT2D eigenvalue weighted by atomic mass is 10.1. The van der Waals surface area contributed by atoms with E-state index in [2.05, 4.69) is 5.32 Å². The Hall–Kier alpha value is -1.63. The highest BCUT2D eigenvalue weighted by molar-refractivity contribution is 6.06. The minimum absolute atomic E-state index is 0.0311. The van der Waals surface area contributed by atoms with Crippen LogP contribution in [0.25, 0.3) is 0 Å². The van der Waals surface area contributed by atoms with Gasteiger partial charge in [-0.15, -0.1) is 0 Å². The third-order valence-electron chi connectivity index (χ3n) is 3.27. The van der Waals surface area contributed by atoms with Crippen LogP contribution in [0.5, 0.6) is 0 Å². The van der Waals surface area contributed by atoms with Crippen LogP contribution in [0.1, 0.15) is 20.3 Å². The van der Waals surface area contributed by atoms with Gasteiger partial charge in [0.15, 0.2) is 0 Å². The summed E-state index contributed by atoms with van der Waals surface area (Å²) in [5.41, 5.74) is -0.816. The first-order chi connectivity index (χ1) is 9.15. The van der Waals surface area contributed by atoms with E-state index in [4.69, 9.17) is 0 Å². The summed E-state index contributed by atoms with van der Waals surface area (Å²) >= 11 is 0. The number of carbonyl (C=O) groups is 3. The van der Waals surface area contributed by atoms with Gasteiger partial charge in [-0.1, -0.05) is 0 Å². The third-order valence-corrected chi connectivity index (χ3v) is 3.27. The maximum Gasteiger partial charge on any atom is 0.325 e. The summed E-state index contributed by atoms with van der Waals surface area (Å²) in [5.74, 6) is -0.168. The Balaban J connectivity index is 2.36. The van der Waals surface area contributed by atoms with Crippen molar-refractivity contribution in [1.29, 1.82) is 0 Å². The molecule has 1 saturated heterocycles. The predicted octanol–water partition coefficient (Wildman–Crippen LogP) is -0.273. The molecule has 0 aliphatic carbocycles. The fourth-order valence-corrected chi connectivity index (χ4v) is 1.97. The van der Waals surface area contributed by atoms with Crippen LogP contribution in [0.15, 0.2) is 0 Å². The van der Waals surface area contributed by atoms with Gasteiger partial charge in [0.2, 0.25) is 5.91 Å². The molecule has 0 saturated carbocycles. The maximum atomic E-state index is 11.9. The van der Waals surface area contributed by atoms with Gasteiger partial charge in [-0.3, -0.25) is 19.4 Å². The largest absolute Gasteiger partial charge is 0.348 e. The molecule has 1 N–H and O–H groups in total. The Morgan fingerprint density at radius 1 is 1.25 bits per heavy atom. The number of imide groups is 1. The van der Waals surface area contributed by atoms with Crippen LogP contribution in [0.3, 0.4) is 0 Å². The second-order valence-corrected chi connectivity index (χ2v) is 5.89. The molecule has 7 nitrogen and oxygen atoms in total. The molecule has 0 unspecified atom stereocenters. The van der Waals surface area contributed by atoms with E-state index in [0.29, 0.717) is 26.1 Å². The lowest BCUT2D eigenvalue weighted by Crippen LogP contribution is -2.40. The molecule has 0 aromatic heterocycles. The number of urea groups is 1. The Morgan fingerprint density at radius 3 is 2.30 bits per heavy atom. The van der Waals surface area contributed by atoms with Crippen molar-refractivity contribution >= 4 is 17.8 Å². The van der Waals surface area contributed by atoms with Crippen LogP contribution >= 0.6 is 0 Å². The molecule has 1 aliphatic heterocycles. The van der Waals surface area contributed by atoms with Crippen molar-refractivity contribution in [3.63, 3.8) is 0 Å². The third kappa shape index (κ3) is 3.93. The predicted molar refractivity (Wildman–Crippen MR) is 75.1 cm³/mol. The number of rotatable bonds is 6. The number of likely N-dealkylation sites (N-methyl/N-ethyl adjacent to an activating group) is 2. The SMILES string of the molecule is CN(CCCN1C(=O)NC(C)(C)C1=O)CC(=O)N(C)C. The summed E-state index contributed by atoms with van der Waals surface area (Å²) in [6.07, 6.45) is 0.645. The van der Waals surface area contributed by atoms with E-state index in [0.717, 1.165) is 0 Å².